The van der Waals surface area contributed by atoms with Crippen LogP contribution < -0.4 is 5.73 Å². The molecule has 0 spiro atoms. The number of amides is 1. The Morgan fingerprint density at radius 1 is 1.56 bits per heavy atom. The highest BCUT2D eigenvalue weighted by Crippen LogP contribution is 2.34. The van der Waals surface area contributed by atoms with Crippen LogP contribution in [0.5, 0.6) is 0 Å². The van der Waals surface area contributed by atoms with Crippen molar-refractivity contribution in [2.24, 2.45) is 11.7 Å². The molecule has 0 aromatic rings. The minimum atomic E-state index is -0.273. The lowest BCUT2D eigenvalue weighted by Gasteiger charge is -2.39. The average Bonchev–Trinajstić information content (AvgIpc) is 2.35. The van der Waals surface area contributed by atoms with Crippen LogP contribution in [0.2, 0.25) is 0 Å². The Morgan fingerprint density at radius 3 is 2.72 bits per heavy atom. The van der Waals surface area contributed by atoms with Crippen molar-refractivity contribution in [2.45, 2.75) is 58.1 Å². The number of rotatable bonds is 5. The molecule has 0 radical (unpaired) electrons. The van der Waals surface area contributed by atoms with E-state index >= 15 is 0 Å². The van der Waals surface area contributed by atoms with Gasteiger partial charge in [-0.05, 0) is 32.6 Å². The van der Waals surface area contributed by atoms with Crippen molar-refractivity contribution in [2.75, 3.05) is 20.2 Å². The molecule has 2 atom stereocenters. The van der Waals surface area contributed by atoms with Gasteiger partial charge in [0.1, 0.15) is 6.61 Å². The molecule has 1 rings (SSSR count). The largest absolute Gasteiger partial charge is 0.364 e. The van der Waals surface area contributed by atoms with Crippen LogP contribution in [0.3, 0.4) is 0 Å². The summed E-state index contributed by atoms with van der Waals surface area (Å²) in [6, 6.07) is 0.209. The number of carbonyl (C=O) groups is 1. The number of ether oxygens (including phenoxy) is 1. The highest BCUT2D eigenvalue weighted by molar-refractivity contribution is 5.77. The van der Waals surface area contributed by atoms with Crippen molar-refractivity contribution in [1.29, 1.82) is 0 Å². The molecule has 18 heavy (non-hydrogen) atoms. The van der Waals surface area contributed by atoms with Gasteiger partial charge in [0.2, 0.25) is 5.91 Å². The van der Waals surface area contributed by atoms with Crippen LogP contribution in [0, 0.1) is 5.92 Å². The maximum absolute atomic E-state index is 11.9. The normalized spacial score (nSPS) is 28.4. The summed E-state index contributed by atoms with van der Waals surface area (Å²) in [6.45, 7) is 6.89. The molecule has 0 heterocycles. The summed E-state index contributed by atoms with van der Waals surface area (Å²) in [5.41, 5.74) is 5.60. The maximum Gasteiger partial charge on any atom is 0.248 e. The first-order valence-electron chi connectivity index (χ1n) is 7.00. The van der Waals surface area contributed by atoms with Crippen molar-refractivity contribution in [1.82, 2.24) is 4.90 Å². The van der Waals surface area contributed by atoms with Crippen molar-refractivity contribution in [3.63, 3.8) is 0 Å². The highest BCUT2D eigenvalue weighted by atomic mass is 16.5. The number of carbonyl (C=O) groups excluding carboxylic acids is 1. The molecule has 4 nitrogen and oxygen atoms in total. The van der Waals surface area contributed by atoms with E-state index in [1.54, 1.807) is 4.90 Å². The van der Waals surface area contributed by atoms with Crippen molar-refractivity contribution >= 4 is 5.91 Å². The van der Waals surface area contributed by atoms with Gasteiger partial charge in [0.05, 0.1) is 5.60 Å². The number of nitrogens with two attached hydrogens (primary N) is 1. The number of hydrogen-bond donors (Lipinski definition) is 1. The van der Waals surface area contributed by atoms with Gasteiger partial charge in [0.25, 0.3) is 0 Å². The average molecular weight is 256 g/mol. The van der Waals surface area contributed by atoms with Crippen LogP contribution >= 0.6 is 0 Å². The zero-order chi connectivity index (χ0) is 13.8. The summed E-state index contributed by atoms with van der Waals surface area (Å²) in [5, 5.41) is 0. The summed E-state index contributed by atoms with van der Waals surface area (Å²) in [6.07, 6.45) is 4.34. The van der Waals surface area contributed by atoms with E-state index in [9.17, 15) is 4.79 Å². The second kappa shape index (κ2) is 6.53. The molecule has 0 aromatic heterocycles. The van der Waals surface area contributed by atoms with Crippen molar-refractivity contribution < 1.29 is 9.53 Å². The lowest BCUT2D eigenvalue weighted by atomic mass is 9.79. The fourth-order valence-corrected chi connectivity index (χ4v) is 2.59. The third-order valence-corrected chi connectivity index (χ3v) is 4.09. The number of likely N-dealkylation sites (N-methyl/N-ethyl adjacent to an activating group) is 1. The van der Waals surface area contributed by atoms with E-state index in [0.717, 1.165) is 19.3 Å². The first-order chi connectivity index (χ1) is 8.40. The van der Waals surface area contributed by atoms with E-state index in [-0.39, 0.29) is 24.2 Å². The van der Waals surface area contributed by atoms with E-state index in [1.165, 1.54) is 6.42 Å². The van der Waals surface area contributed by atoms with E-state index in [2.05, 4.69) is 6.92 Å². The van der Waals surface area contributed by atoms with Crippen molar-refractivity contribution in [3.05, 3.63) is 0 Å². The molecule has 0 saturated heterocycles. The topological polar surface area (TPSA) is 55.6 Å². The molecule has 0 bridgehead atoms. The quantitative estimate of drug-likeness (QED) is 0.815. The summed E-state index contributed by atoms with van der Waals surface area (Å²) < 4.78 is 5.91. The summed E-state index contributed by atoms with van der Waals surface area (Å²) >= 11 is 0. The molecule has 1 fully saturated rings. The van der Waals surface area contributed by atoms with Crippen LogP contribution in [-0.4, -0.2) is 42.6 Å². The molecular formula is C14H28N2O2. The van der Waals surface area contributed by atoms with Crippen LogP contribution in [0.25, 0.3) is 0 Å². The number of hydrogen-bond acceptors (Lipinski definition) is 3. The van der Waals surface area contributed by atoms with Gasteiger partial charge in [-0.3, -0.25) is 4.79 Å². The van der Waals surface area contributed by atoms with Gasteiger partial charge in [-0.25, -0.2) is 0 Å². The lowest BCUT2D eigenvalue weighted by molar-refractivity contribution is -0.146. The standard InChI is InChI=1S/C14H28N2O2/c1-11(2)16(4)13(17)9-18-14(10-15)7-5-6-12(3)8-14/h11-12H,5-10,15H2,1-4H3. The fraction of sp³-hybridized carbons (Fsp3) is 0.929. The van der Waals surface area contributed by atoms with Gasteiger partial charge in [-0.15, -0.1) is 0 Å². The summed E-state index contributed by atoms with van der Waals surface area (Å²) in [4.78, 5) is 13.6. The van der Waals surface area contributed by atoms with Gasteiger partial charge in [0, 0.05) is 19.6 Å². The molecule has 4 heteroatoms. The van der Waals surface area contributed by atoms with Crippen LogP contribution in [0.4, 0.5) is 0 Å². The molecule has 0 aliphatic heterocycles. The second-order valence-corrected chi connectivity index (χ2v) is 5.98. The van der Waals surface area contributed by atoms with Crippen molar-refractivity contribution in [3.8, 4) is 0 Å². The minimum Gasteiger partial charge on any atom is -0.364 e. The molecular weight excluding hydrogens is 228 g/mol. The van der Waals surface area contributed by atoms with Crippen LogP contribution in [-0.2, 0) is 9.53 Å². The molecule has 1 amide bonds. The molecule has 1 saturated carbocycles. The molecule has 106 valence electrons. The Kier molecular flexibility index (Phi) is 5.60. The lowest BCUT2D eigenvalue weighted by Crippen LogP contribution is -2.47. The maximum atomic E-state index is 11.9. The van der Waals surface area contributed by atoms with Crippen LogP contribution in [0.1, 0.15) is 46.5 Å². The fourth-order valence-electron chi connectivity index (χ4n) is 2.59. The third kappa shape index (κ3) is 3.95. The number of nitrogens with zero attached hydrogens (tertiary/aromatic N) is 1. The Balaban J connectivity index is 2.51. The van der Waals surface area contributed by atoms with Gasteiger partial charge in [-0.1, -0.05) is 19.8 Å². The Labute approximate surface area is 111 Å². The summed E-state index contributed by atoms with van der Waals surface area (Å²) in [7, 11) is 1.81. The van der Waals surface area contributed by atoms with E-state index < -0.39 is 0 Å². The zero-order valence-corrected chi connectivity index (χ0v) is 12.2. The Morgan fingerprint density at radius 2 is 2.22 bits per heavy atom. The van der Waals surface area contributed by atoms with Gasteiger partial charge < -0.3 is 15.4 Å². The molecule has 2 unspecified atom stereocenters. The smallest absolute Gasteiger partial charge is 0.248 e. The first-order valence-corrected chi connectivity index (χ1v) is 7.00. The molecule has 2 N–H and O–H groups in total. The summed E-state index contributed by atoms with van der Waals surface area (Å²) in [5.74, 6) is 0.677. The van der Waals surface area contributed by atoms with Gasteiger partial charge >= 0.3 is 0 Å². The van der Waals surface area contributed by atoms with E-state index in [4.69, 9.17) is 10.5 Å². The Hall–Kier alpha value is -0.610. The zero-order valence-electron chi connectivity index (χ0n) is 12.2. The predicted octanol–water partition coefficient (Wildman–Crippen LogP) is 1.78. The third-order valence-electron chi connectivity index (χ3n) is 4.09. The minimum absolute atomic E-state index is 0.0380. The molecule has 0 aromatic carbocycles. The molecule has 1 aliphatic carbocycles. The highest BCUT2D eigenvalue weighted by Gasteiger charge is 2.35. The van der Waals surface area contributed by atoms with Crippen LogP contribution in [0.15, 0.2) is 0 Å². The SMILES string of the molecule is CC1CCCC(CN)(OCC(=O)N(C)C(C)C)C1. The monoisotopic (exact) mass is 256 g/mol. The van der Waals surface area contributed by atoms with E-state index in [1.807, 2.05) is 20.9 Å². The first kappa shape index (κ1) is 15.4. The predicted molar refractivity (Wildman–Crippen MR) is 73.3 cm³/mol. The van der Waals surface area contributed by atoms with E-state index in [0.29, 0.717) is 12.5 Å². The van der Waals surface area contributed by atoms with Gasteiger partial charge in [0.15, 0.2) is 0 Å². The molecule has 1 aliphatic rings. The second-order valence-electron chi connectivity index (χ2n) is 5.98. The van der Waals surface area contributed by atoms with Gasteiger partial charge in [-0.2, -0.15) is 0 Å². The Bertz CT molecular complexity index is 281.